The van der Waals surface area contributed by atoms with Crippen molar-refractivity contribution in [3.63, 3.8) is 0 Å². The fraction of sp³-hybridized carbons (Fsp3) is 0.529. The molecular weight excluding hydrogens is 344 g/mol. The number of nitrogens with zero attached hydrogens (tertiary/aromatic N) is 2. The molecule has 2 N–H and O–H groups in total. The first-order valence-corrected chi connectivity index (χ1v) is 9.30. The zero-order chi connectivity index (χ0) is 15.8. The second-order valence-corrected chi connectivity index (χ2v) is 7.90. The molecule has 24 heavy (non-hydrogen) atoms. The minimum atomic E-state index is 0. The van der Waals surface area contributed by atoms with Crippen molar-refractivity contribution < 1.29 is 4.79 Å². The SMILES string of the molecule is CC(SCC(=O)N1C[C@H]2CNC[C@H]2C1)c1nc2ccccc2[nH]1.Cl. The number of halogens is 1. The van der Waals surface area contributed by atoms with Crippen molar-refractivity contribution in [3.05, 3.63) is 30.1 Å². The van der Waals surface area contributed by atoms with Crippen molar-refractivity contribution in [1.29, 1.82) is 0 Å². The predicted molar refractivity (Wildman–Crippen MR) is 101 cm³/mol. The normalized spacial score (nSPS) is 24.0. The van der Waals surface area contributed by atoms with Gasteiger partial charge >= 0.3 is 0 Å². The Morgan fingerprint density at radius 2 is 2.04 bits per heavy atom. The quantitative estimate of drug-likeness (QED) is 0.872. The molecule has 3 heterocycles. The van der Waals surface area contributed by atoms with E-state index in [1.165, 1.54) is 0 Å². The van der Waals surface area contributed by atoms with E-state index in [2.05, 4.69) is 27.1 Å². The van der Waals surface area contributed by atoms with Crippen LogP contribution in [0.5, 0.6) is 0 Å². The molecule has 3 atom stereocenters. The van der Waals surface area contributed by atoms with Crippen molar-refractivity contribution in [2.45, 2.75) is 12.2 Å². The number of fused-ring (bicyclic) bond motifs is 2. The number of hydrogen-bond donors (Lipinski definition) is 2. The Kier molecular flexibility index (Phi) is 5.37. The Hall–Kier alpha value is -1.24. The van der Waals surface area contributed by atoms with E-state index in [1.807, 2.05) is 24.3 Å². The van der Waals surface area contributed by atoms with Crippen LogP contribution in [0.1, 0.15) is 18.0 Å². The van der Waals surface area contributed by atoms with E-state index in [-0.39, 0.29) is 23.6 Å². The number of amides is 1. The molecule has 130 valence electrons. The monoisotopic (exact) mass is 366 g/mol. The van der Waals surface area contributed by atoms with Crippen LogP contribution in [0.4, 0.5) is 0 Å². The van der Waals surface area contributed by atoms with Gasteiger partial charge in [0.05, 0.1) is 22.0 Å². The molecule has 4 rings (SSSR count). The third-order valence-corrected chi connectivity index (χ3v) is 6.13. The number of carbonyl (C=O) groups is 1. The summed E-state index contributed by atoms with van der Waals surface area (Å²) in [6.07, 6.45) is 0. The molecule has 1 amide bonds. The minimum Gasteiger partial charge on any atom is -0.341 e. The van der Waals surface area contributed by atoms with Crippen molar-refractivity contribution in [3.8, 4) is 0 Å². The van der Waals surface area contributed by atoms with Gasteiger partial charge in [-0.1, -0.05) is 12.1 Å². The Morgan fingerprint density at radius 3 is 2.75 bits per heavy atom. The van der Waals surface area contributed by atoms with Gasteiger partial charge in [0.2, 0.25) is 5.91 Å². The number of para-hydroxylation sites is 2. The number of carbonyl (C=O) groups excluding carboxylic acids is 1. The van der Waals surface area contributed by atoms with Crippen LogP contribution in [-0.2, 0) is 4.79 Å². The first kappa shape index (κ1) is 17.6. The van der Waals surface area contributed by atoms with E-state index >= 15 is 0 Å². The summed E-state index contributed by atoms with van der Waals surface area (Å²) < 4.78 is 0. The molecule has 0 saturated carbocycles. The topological polar surface area (TPSA) is 61.0 Å². The molecule has 2 fully saturated rings. The highest BCUT2D eigenvalue weighted by Crippen LogP contribution is 2.30. The summed E-state index contributed by atoms with van der Waals surface area (Å²) in [5, 5.41) is 3.60. The molecular formula is C17H23ClN4OS. The molecule has 5 nitrogen and oxygen atoms in total. The van der Waals surface area contributed by atoms with Gasteiger partial charge in [-0.15, -0.1) is 24.2 Å². The molecule has 2 aliphatic rings. The summed E-state index contributed by atoms with van der Waals surface area (Å²) in [5.41, 5.74) is 2.04. The van der Waals surface area contributed by atoms with Crippen LogP contribution in [0, 0.1) is 11.8 Å². The third kappa shape index (κ3) is 3.41. The summed E-state index contributed by atoms with van der Waals surface area (Å²) in [5.74, 6) is 3.08. The van der Waals surface area contributed by atoms with Gasteiger partial charge in [-0.25, -0.2) is 4.98 Å². The van der Waals surface area contributed by atoms with E-state index in [0.717, 1.165) is 43.0 Å². The van der Waals surface area contributed by atoms with Crippen molar-refractivity contribution in [2.75, 3.05) is 31.9 Å². The van der Waals surface area contributed by atoms with Crippen molar-refractivity contribution in [2.24, 2.45) is 11.8 Å². The highest BCUT2D eigenvalue weighted by atomic mass is 35.5. The number of rotatable bonds is 4. The number of likely N-dealkylation sites (tertiary alicyclic amines) is 1. The summed E-state index contributed by atoms with van der Waals surface area (Å²) in [7, 11) is 0. The number of H-pyrrole nitrogens is 1. The maximum Gasteiger partial charge on any atom is 0.232 e. The Labute approximate surface area is 152 Å². The maximum absolute atomic E-state index is 12.4. The molecule has 2 saturated heterocycles. The van der Waals surface area contributed by atoms with Gasteiger partial charge in [0.1, 0.15) is 5.82 Å². The van der Waals surface area contributed by atoms with Crippen LogP contribution in [0.3, 0.4) is 0 Å². The molecule has 1 aromatic heterocycles. The number of nitrogens with one attached hydrogen (secondary N) is 2. The molecule has 0 radical (unpaired) electrons. The fourth-order valence-electron chi connectivity index (χ4n) is 3.59. The van der Waals surface area contributed by atoms with Crippen LogP contribution >= 0.6 is 24.2 Å². The number of imidazole rings is 1. The number of thioether (sulfide) groups is 1. The van der Waals surface area contributed by atoms with Gasteiger partial charge in [-0.2, -0.15) is 0 Å². The Balaban J connectivity index is 0.00000169. The number of aromatic amines is 1. The summed E-state index contributed by atoms with van der Waals surface area (Å²) in [6.45, 7) is 6.10. The zero-order valence-electron chi connectivity index (χ0n) is 13.7. The fourth-order valence-corrected chi connectivity index (χ4v) is 4.44. The van der Waals surface area contributed by atoms with Gasteiger partial charge < -0.3 is 15.2 Å². The van der Waals surface area contributed by atoms with Crippen LogP contribution in [0.15, 0.2) is 24.3 Å². The first-order chi connectivity index (χ1) is 11.2. The van der Waals surface area contributed by atoms with Gasteiger partial charge in [0.15, 0.2) is 0 Å². The molecule has 1 unspecified atom stereocenters. The molecule has 2 aliphatic heterocycles. The van der Waals surface area contributed by atoms with E-state index in [1.54, 1.807) is 11.8 Å². The summed E-state index contributed by atoms with van der Waals surface area (Å²) in [6, 6.07) is 8.04. The summed E-state index contributed by atoms with van der Waals surface area (Å²) >= 11 is 1.67. The lowest BCUT2D eigenvalue weighted by Crippen LogP contribution is -2.33. The van der Waals surface area contributed by atoms with Crippen molar-refractivity contribution in [1.82, 2.24) is 20.2 Å². The second kappa shape index (κ2) is 7.33. The van der Waals surface area contributed by atoms with Crippen LogP contribution in [0.2, 0.25) is 0 Å². The number of hydrogen-bond acceptors (Lipinski definition) is 4. The highest BCUT2D eigenvalue weighted by Gasteiger charge is 2.37. The third-order valence-electron chi connectivity index (χ3n) is 4.99. The second-order valence-electron chi connectivity index (χ2n) is 6.57. The average Bonchev–Trinajstić information content (AvgIpc) is 3.24. The van der Waals surface area contributed by atoms with E-state index in [4.69, 9.17) is 0 Å². The number of benzene rings is 1. The summed E-state index contributed by atoms with van der Waals surface area (Å²) in [4.78, 5) is 22.5. The standard InChI is InChI=1S/C17H22N4OS.ClH/c1-11(17-19-14-4-2-3-5-15(14)20-17)23-10-16(22)21-8-12-6-18-7-13(12)9-21;/h2-5,11-13,18H,6-10H2,1H3,(H,19,20);1H/t11?,12-,13+;. The molecule has 0 spiro atoms. The van der Waals surface area contributed by atoms with E-state index < -0.39 is 0 Å². The minimum absolute atomic E-state index is 0. The molecule has 7 heteroatoms. The molecule has 2 aromatic rings. The predicted octanol–water partition coefficient (Wildman–Crippen LogP) is 2.46. The molecule has 0 bridgehead atoms. The molecule has 0 aliphatic carbocycles. The van der Waals surface area contributed by atoms with Crippen molar-refractivity contribution >= 4 is 41.1 Å². The Bertz CT molecular complexity index is 676. The van der Waals surface area contributed by atoms with Crippen LogP contribution in [0.25, 0.3) is 11.0 Å². The van der Waals surface area contributed by atoms with Gasteiger partial charge in [-0.05, 0) is 30.9 Å². The highest BCUT2D eigenvalue weighted by molar-refractivity contribution is 8.00. The first-order valence-electron chi connectivity index (χ1n) is 8.25. The van der Waals surface area contributed by atoms with Gasteiger partial charge in [-0.3, -0.25) is 4.79 Å². The largest absolute Gasteiger partial charge is 0.341 e. The van der Waals surface area contributed by atoms with Crippen LogP contribution in [-0.4, -0.2) is 52.7 Å². The van der Waals surface area contributed by atoms with Gasteiger partial charge in [0, 0.05) is 26.2 Å². The average molecular weight is 367 g/mol. The lowest BCUT2D eigenvalue weighted by atomic mass is 10.0. The van der Waals surface area contributed by atoms with Crippen LogP contribution < -0.4 is 5.32 Å². The molecule has 1 aromatic carbocycles. The maximum atomic E-state index is 12.4. The Morgan fingerprint density at radius 1 is 1.33 bits per heavy atom. The number of aromatic nitrogens is 2. The lowest BCUT2D eigenvalue weighted by Gasteiger charge is -2.18. The zero-order valence-corrected chi connectivity index (χ0v) is 15.3. The smallest absolute Gasteiger partial charge is 0.232 e. The lowest BCUT2D eigenvalue weighted by molar-refractivity contribution is -0.127. The van der Waals surface area contributed by atoms with Gasteiger partial charge in [0.25, 0.3) is 0 Å². The van der Waals surface area contributed by atoms with E-state index in [0.29, 0.717) is 17.6 Å². The van der Waals surface area contributed by atoms with E-state index in [9.17, 15) is 4.79 Å².